The van der Waals surface area contributed by atoms with E-state index in [0.29, 0.717) is 5.82 Å². The van der Waals surface area contributed by atoms with E-state index >= 15 is 0 Å². The van der Waals surface area contributed by atoms with Crippen LogP contribution in [0, 0.1) is 0 Å². The molecule has 9 rings (SSSR count). The molecular weight excluding hydrogens is 524 g/mol. The molecule has 0 unspecified atom stereocenters. The first kappa shape index (κ1) is 23.8. The third-order valence-corrected chi connectivity index (χ3v) is 8.41. The summed E-state index contributed by atoms with van der Waals surface area (Å²) in [6.45, 7) is 0. The van der Waals surface area contributed by atoms with Gasteiger partial charge in [0.25, 0.3) is 0 Å². The minimum absolute atomic E-state index is 0.675. The van der Waals surface area contributed by atoms with Crippen molar-refractivity contribution in [2.24, 2.45) is 0 Å². The van der Waals surface area contributed by atoms with E-state index in [1.54, 1.807) is 0 Å². The van der Waals surface area contributed by atoms with Crippen LogP contribution in [0.5, 0.6) is 0 Å². The molecule has 9 aromatic rings. The van der Waals surface area contributed by atoms with Crippen LogP contribution >= 0.6 is 0 Å². The van der Waals surface area contributed by atoms with Crippen molar-refractivity contribution in [2.75, 3.05) is 0 Å². The molecule has 200 valence electrons. The molecule has 2 aromatic heterocycles. The Morgan fingerprint density at radius 3 is 1.74 bits per heavy atom. The van der Waals surface area contributed by atoms with Crippen molar-refractivity contribution < 1.29 is 0 Å². The van der Waals surface area contributed by atoms with Gasteiger partial charge >= 0.3 is 0 Å². The second-order valence-corrected chi connectivity index (χ2v) is 10.9. The second kappa shape index (κ2) is 9.33. The maximum atomic E-state index is 5.06. The lowest BCUT2D eigenvalue weighted by molar-refractivity contribution is 1.00. The summed E-state index contributed by atoms with van der Waals surface area (Å²) in [5.74, 6) is 0.675. The molecule has 0 saturated heterocycles. The Labute approximate surface area is 247 Å². The van der Waals surface area contributed by atoms with Crippen LogP contribution < -0.4 is 0 Å². The van der Waals surface area contributed by atoms with Crippen molar-refractivity contribution in [3.05, 3.63) is 146 Å². The van der Waals surface area contributed by atoms with Crippen molar-refractivity contribution in [2.45, 2.75) is 0 Å². The van der Waals surface area contributed by atoms with Gasteiger partial charge in [0.15, 0.2) is 11.5 Å². The lowest BCUT2D eigenvalue weighted by Crippen LogP contribution is -1.97. The number of aromatic nitrogens is 4. The first-order valence-electron chi connectivity index (χ1n) is 14.5. The van der Waals surface area contributed by atoms with E-state index in [1.165, 1.54) is 32.3 Å². The Balaban J connectivity index is 1.23. The maximum Gasteiger partial charge on any atom is 0.182 e. The fraction of sp³-hybridized carbons (Fsp3) is 0. The van der Waals surface area contributed by atoms with Crippen LogP contribution in [0.15, 0.2) is 146 Å². The Bertz CT molecular complexity index is 2480. The molecule has 0 aliphatic carbocycles. The summed E-state index contributed by atoms with van der Waals surface area (Å²) in [4.78, 5) is 10.1. The van der Waals surface area contributed by atoms with Crippen LogP contribution in [-0.4, -0.2) is 19.6 Å². The monoisotopic (exact) mass is 548 g/mol. The fourth-order valence-electron chi connectivity index (χ4n) is 6.38. The standard InChI is InChI=1S/C39H24N4/c1-2-11-25(12-3-1)37-39-41-38(42-43(39)36-20-9-8-19-35(36)40-37)28-14-10-13-26(23-28)27-21-22-33-31-17-5-4-15-29(31)30-16-6-7-18-32(30)34(33)24-27/h1-24H. The second-order valence-electron chi connectivity index (χ2n) is 10.9. The van der Waals surface area contributed by atoms with E-state index in [1.807, 2.05) is 47.0 Å². The molecule has 7 aromatic carbocycles. The topological polar surface area (TPSA) is 43.1 Å². The first-order chi connectivity index (χ1) is 21.3. The number of hydrogen-bond acceptors (Lipinski definition) is 3. The number of hydrogen-bond donors (Lipinski definition) is 0. The van der Waals surface area contributed by atoms with Gasteiger partial charge in [0, 0.05) is 11.1 Å². The van der Waals surface area contributed by atoms with Crippen molar-refractivity contribution in [3.63, 3.8) is 0 Å². The summed E-state index contributed by atoms with van der Waals surface area (Å²) in [5.41, 5.74) is 7.65. The molecule has 0 aliphatic rings. The van der Waals surface area contributed by atoms with E-state index in [9.17, 15) is 0 Å². The van der Waals surface area contributed by atoms with Crippen molar-refractivity contribution in [3.8, 4) is 33.8 Å². The van der Waals surface area contributed by atoms with Crippen molar-refractivity contribution in [1.82, 2.24) is 19.6 Å². The van der Waals surface area contributed by atoms with E-state index in [0.717, 1.165) is 44.6 Å². The number of nitrogens with zero attached hydrogens (tertiary/aromatic N) is 4. The summed E-state index contributed by atoms with van der Waals surface area (Å²) < 4.78 is 1.93. The minimum atomic E-state index is 0.675. The number of rotatable bonds is 3. The molecule has 0 atom stereocenters. The Morgan fingerprint density at radius 1 is 0.395 bits per heavy atom. The zero-order valence-electron chi connectivity index (χ0n) is 23.1. The van der Waals surface area contributed by atoms with Crippen LogP contribution in [-0.2, 0) is 0 Å². The number of para-hydroxylation sites is 2. The van der Waals surface area contributed by atoms with Crippen LogP contribution in [0.25, 0.3) is 82.8 Å². The summed E-state index contributed by atoms with van der Waals surface area (Å²) in [5, 5.41) is 12.7. The zero-order chi connectivity index (χ0) is 28.3. The molecule has 0 radical (unpaired) electrons. The van der Waals surface area contributed by atoms with Crippen molar-refractivity contribution in [1.29, 1.82) is 0 Å². The molecule has 0 fully saturated rings. The van der Waals surface area contributed by atoms with E-state index in [-0.39, 0.29) is 0 Å². The molecule has 0 bridgehead atoms. The highest BCUT2D eigenvalue weighted by atomic mass is 15.3. The lowest BCUT2D eigenvalue weighted by atomic mass is 9.92. The molecule has 4 heteroatoms. The highest BCUT2D eigenvalue weighted by Crippen LogP contribution is 2.37. The van der Waals surface area contributed by atoms with Gasteiger partial charge in [0.2, 0.25) is 0 Å². The van der Waals surface area contributed by atoms with Gasteiger partial charge < -0.3 is 0 Å². The van der Waals surface area contributed by atoms with Gasteiger partial charge in [0.1, 0.15) is 5.69 Å². The lowest BCUT2D eigenvalue weighted by Gasteiger charge is -2.12. The maximum absolute atomic E-state index is 5.06. The Morgan fingerprint density at radius 2 is 0.977 bits per heavy atom. The van der Waals surface area contributed by atoms with Gasteiger partial charge in [-0.3, -0.25) is 0 Å². The number of benzene rings is 7. The fourth-order valence-corrected chi connectivity index (χ4v) is 6.38. The van der Waals surface area contributed by atoms with Crippen LogP contribution in [0.4, 0.5) is 0 Å². The quantitative estimate of drug-likeness (QED) is 0.206. The summed E-state index contributed by atoms with van der Waals surface area (Å²) >= 11 is 0. The highest BCUT2D eigenvalue weighted by Gasteiger charge is 2.17. The largest absolute Gasteiger partial charge is 0.242 e. The Hall–Kier alpha value is -5.87. The zero-order valence-corrected chi connectivity index (χ0v) is 23.1. The Kier molecular flexibility index (Phi) is 5.16. The molecule has 43 heavy (non-hydrogen) atoms. The molecule has 4 nitrogen and oxygen atoms in total. The van der Waals surface area contributed by atoms with Crippen LogP contribution in [0.1, 0.15) is 0 Å². The van der Waals surface area contributed by atoms with E-state index < -0.39 is 0 Å². The predicted molar refractivity (Wildman–Crippen MR) is 177 cm³/mol. The normalized spacial score (nSPS) is 11.7. The summed E-state index contributed by atoms with van der Waals surface area (Å²) in [6, 6.07) is 51.0. The van der Waals surface area contributed by atoms with Crippen LogP contribution in [0.3, 0.4) is 0 Å². The molecule has 0 spiro atoms. The van der Waals surface area contributed by atoms with Gasteiger partial charge in [-0.2, -0.15) is 0 Å². The molecule has 0 aliphatic heterocycles. The third-order valence-electron chi connectivity index (χ3n) is 8.41. The molecular formula is C39H24N4. The van der Waals surface area contributed by atoms with Crippen LogP contribution in [0.2, 0.25) is 0 Å². The average Bonchev–Trinajstić information content (AvgIpc) is 3.54. The van der Waals surface area contributed by atoms with E-state index in [2.05, 4.69) is 103 Å². The minimum Gasteiger partial charge on any atom is -0.242 e. The highest BCUT2D eigenvalue weighted by molar-refractivity contribution is 6.25. The van der Waals surface area contributed by atoms with E-state index in [4.69, 9.17) is 15.1 Å². The summed E-state index contributed by atoms with van der Waals surface area (Å²) in [6.07, 6.45) is 0. The molecule has 0 saturated carbocycles. The first-order valence-corrected chi connectivity index (χ1v) is 14.5. The van der Waals surface area contributed by atoms with Gasteiger partial charge in [-0.1, -0.05) is 121 Å². The summed E-state index contributed by atoms with van der Waals surface area (Å²) in [7, 11) is 0. The van der Waals surface area contributed by atoms with Crippen molar-refractivity contribution >= 4 is 49.0 Å². The predicted octanol–water partition coefficient (Wildman–Crippen LogP) is 9.74. The molecule has 0 N–H and O–H groups in total. The average molecular weight is 549 g/mol. The number of fused-ring (bicyclic) bond motifs is 9. The van der Waals surface area contributed by atoms with Gasteiger partial charge in [-0.15, -0.1) is 5.10 Å². The molecule has 2 heterocycles. The smallest absolute Gasteiger partial charge is 0.182 e. The third kappa shape index (κ3) is 3.74. The SMILES string of the molecule is c1ccc(-c2nc3ccccc3n3nc(-c4cccc(-c5ccc6c7ccccc7c7ccccc7c6c5)c4)nc23)cc1. The molecule has 0 amide bonds. The van der Waals surface area contributed by atoms with Gasteiger partial charge in [0.05, 0.1) is 11.0 Å². The van der Waals surface area contributed by atoms with Gasteiger partial charge in [-0.25, -0.2) is 14.5 Å². The van der Waals surface area contributed by atoms with Gasteiger partial charge in [-0.05, 0) is 67.7 Å².